The van der Waals surface area contributed by atoms with E-state index in [9.17, 15) is 9.59 Å². The minimum atomic E-state index is -0.0601. The van der Waals surface area contributed by atoms with Gasteiger partial charge in [0.2, 0.25) is 5.91 Å². The van der Waals surface area contributed by atoms with E-state index in [1.165, 1.54) is 37.7 Å². The number of likely N-dealkylation sites (tertiary alicyclic amines) is 1. The maximum Gasteiger partial charge on any atom is 0.229 e. The Labute approximate surface area is 144 Å². The van der Waals surface area contributed by atoms with E-state index in [0.717, 1.165) is 18.7 Å². The molecule has 1 aliphatic heterocycles. The van der Waals surface area contributed by atoms with E-state index in [1.54, 1.807) is 4.90 Å². The van der Waals surface area contributed by atoms with Crippen molar-refractivity contribution in [2.75, 3.05) is 19.7 Å². The molecule has 1 aromatic carbocycles. The van der Waals surface area contributed by atoms with Crippen LogP contribution < -0.4 is 4.74 Å². The van der Waals surface area contributed by atoms with E-state index in [0.29, 0.717) is 31.3 Å². The Morgan fingerprint density at radius 3 is 2.75 bits per heavy atom. The summed E-state index contributed by atoms with van der Waals surface area (Å²) in [6.45, 7) is 2.10. The van der Waals surface area contributed by atoms with Crippen molar-refractivity contribution in [1.29, 1.82) is 0 Å². The zero-order valence-corrected chi connectivity index (χ0v) is 14.3. The third kappa shape index (κ3) is 4.16. The van der Waals surface area contributed by atoms with Gasteiger partial charge in [0.15, 0.2) is 0 Å². The Kier molecular flexibility index (Phi) is 5.89. The first kappa shape index (κ1) is 17.0. The highest BCUT2D eigenvalue weighted by Gasteiger charge is 2.27. The fraction of sp³-hybridized carbons (Fsp3) is 0.600. The molecule has 1 aliphatic carbocycles. The quantitative estimate of drug-likeness (QED) is 0.592. The number of aldehydes is 1. The highest BCUT2D eigenvalue weighted by molar-refractivity contribution is 5.88. The Hall–Kier alpha value is -1.84. The topological polar surface area (TPSA) is 46.6 Å². The number of carbonyl (C=O) groups is 2. The van der Waals surface area contributed by atoms with Crippen molar-refractivity contribution in [1.82, 2.24) is 4.90 Å². The second-order valence-electron chi connectivity index (χ2n) is 7.05. The molecule has 1 amide bonds. The van der Waals surface area contributed by atoms with Gasteiger partial charge in [-0.25, -0.2) is 0 Å². The minimum Gasteiger partial charge on any atom is -0.493 e. The van der Waals surface area contributed by atoms with Gasteiger partial charge in [-0.1, -0.05) is 37.5 Å². The van der Waals surface area contributed by atoms with Gasteiger partial charge in [0.25, 0.3) is 0 Å². The molecule has 0 N–H and O–H groups in total. The maximum atomic E-state index is 11.8. The van der Waals surface area contributed by atoms with E-state index in [1.807, 2.05) is 6.07 Å². The van der Waals surface area contributed by atoms with E-state index in [4.69, 9.17) is 4.74 Å². The lowest BCUT2D eigenvalue weighted by Crippen LogP contribution is -2.29. The summed E-state index contributed by atoms with van der Waals surface area (Å²) in [5.41, 5.74) is 1.35. The maximum absolute atomic E-state index is 11.8. The third-order valence-corrected chi connectivity index (χ3v) is 5.34. The Morgan fingerprint density at radius 2 is 1.96 bits per heavy atom. The van der Waals surface area contributed by atoms with Gasteiger partial charge in [0.1, 0.15) is 12.0 Å². The first-order valence-electron chi connectivity index (χ1n) is 9.21. The highest BCUT2D eigenvalue weighted by atomic mass is 16.5. The second kappa shape index (κ2) is 8.32. The number of carbonyl (C=O) groups excluding carboxylic acids is 2. The van der Waals surface area contributed by atoms with Crippen LogP contribution in [0.2, 0.25) is 0 Å². The summed E-state index contributed by atoms with van der Waals surface area (Å²) in [7, 11) is 0. The first-order chi connectivity index (χ1) is 11.8. The van der Waals surface area contributed by atoms with Crippen LogP contribution in [-0.2, 0) is 9.59 Å². The van der Waals surface area contributed by atoms with Crippen molar-refractivity contribution in [3.8, 4) is 5.75 Å². The molecule has 0 aromatic heterocycles. The van der Waals surface area contributed by atoms with Crippen LogP contribution >= 0.6 is 0 Å². The van der Waals surface area contributed by atoms with Gasteiger partial charge in [-0.15, -0.1) is 0 Å². The lowest BCUT2D eigenvalue weighted by atomic mass is 9.84. The zero-order chi connectivity index (χ0) is 16.8. The molecule has 4 nitrogen and oxygen atoms in total. The highest BCUT2D eigenvalue weighted by Crippen LogP contribution is 2.37. The van der Waals surface area contributed by atoms with Crippen molar-refractivity contribution in [2.45, 2.75) is 50.9 Å². The van der Waals surface area contributed by atoms with Crippen LogP contribution in [0.3, 0.4) is 0 Å². The molecule has 1 heterocycles. The fourth-order valence-corrected chi connectivity index (χ4v) is 3.97. The van der Waals surface area contributed by atoms with E-state index < -0.39 is 0 Å². The Bertz CT molecular complexity index is 566. The van der Waals surface area contributed by atoms with Gasteiger partial charge < -0.3 is 14.4 Å². The van der Waals surface area contributed by atoms with E-state index in [2.05, 4.69) is 18.2 Å². The Balaban J connectivity index is 1.55. The monoisotopic (exact) mass is 329 g/mol. The number of ether oxygens (including phenoxy) is 1. The first-order valence-corrected chi connectivity index (χ1v) is 9.21. The van der Waals surface area contributed by atoms with E-state index >= 15 is 0 Å². The summed E-state index contributed by atoms with van der Waals surface area (Å²) in [6, 6.07) is 8.43. The van der Waals surface area contributed by atoms with Crippen LogP contribution in [0, 0.1) is 5.92 Å². The molecule has 2 aliphatic rings. The molecule has 2 fully saturated rings. The van der Waals surface area contributed by atoms with Crippen LogP contribution in [0.4, 0.5) is 0 Å². The van der Waals surface area contributed by atoms with Crippen LogP contribution in [0.25, 0.3) is 0 Å². The second-order valence-corrected chi connectivity index (χ2v) is 7.05. The fourth-order valence-electron chi connectivity index (χ4n) is 3.97. The number of para-hydroxylation sites is 1. The minimum absolute atomic E-state index is 0.00189. The van der Waals surface area contributed by atoms with Crippen molar-refractivity contribution >= 4 is 12.2 Å². The summed E-state index contributed by atoms with van der Waals surface area (Å²) in [6.07, 6.45) is 8.15. The molecule has 130 valence electrons. The number of hydrogen-bond donors (Lipinski definition) is 0. The molecule has 1 saturated carbocycles. The average molecular weight is 329 g/mol. The molecule has 0 bridgehead atoms. The molecule has 1 atom stereocenters. The molecule has 0 radical (unpaired) electrons. The van der Waals surface area contributed by atoms with Crippen molar-refractivity contribution in [3.63, 3.8) is 0 Å². The summed E-state index contributed by atoms with van der Waals surface area (Å²) in [5.74, 6) is 1.95. The van der Waals surface area contributed by atoms with Gasteiger partial charge in [-0.2, -0.15) is 0 Å². The predicted octanol–water partition coefficient (Wildman–Crippen LogP) is 3.55. The summed E-state index contributed by atoms with van der Waals surface area (Å²) in [5, 5.41) is 0. The Morgan fingerprint density at radius 1 is 1.17 bits per heavy atom. The molecule has 24 heavy (non-hydrogen) atoms. The van der Waals surface area contributed by atoms with Gasteiger partial charge in [-0.05, 0) is 36.8 Å². The van der Waals surface area contributed by atoms with Crippen molar-refractivity contribution in [2.24, 2.45) is 5.92 Å². The van der Waals surface area contributed by atoms with Gasteiger partial charge in [-0.3, -0.25) is 4.79 Å². The summed E-state index contributed by atoms with van der Waals surface area (Å²) >= 11 is 0. The molecule has 4 heteroatoms. The van der Waals surface area contributed by atoms with Crippen LogP contribution in [-0.4, -0.2) is 36.8 Å². The molecule has 1 aromatic rings. The van der Waals surface area contributed by atoms with Crippen LogP contribution in [0.5, 0.6) is 5.75 Å². The summed E-state index contributed by atoms with van der Waals surface area (Å²) < 4.78 is 6.15. The summed E-state index contributed by atoms with van der Waals surface area (Å²) in [4.78, 5) is 24.0. The lowest BCUT2D eigenvalue weighted by Gasteiger charge is -2.24. The van der Waals surface area contributed by atoms with Crippen molar-refractivity contribution < 1.29 is 14.3 Å². The number of nitrogens with zero attached hydrogens (tertiary/aromatic N) is 1. The number of benzene rings is 1. The standard InChI is InChI=1S/C20H27NO3/c22-13-11-20(23)21-12-10-16(14-21)15-24-19-9-5-4-8-18(19)17-6-2-1-3-7-17/h4-5,8-9,13,16-17H,1-3,6-7,10-12,14-15H2. The van der Waals surface area contributed by atoms with Gasteiger partial charge >= 0.3 is 0 Å². The SMILES string of the molecule is O=CCC(=O)N1CCC(COc2ccccc2C2CCCCC2)C1. The van der Waals surface area contributed by atoms with Gasteiger partial charge in [0.05, 0.1) is 13.0 Å². The number of hydrogen-bond acceptors (Lipinski definition) is 3. The van der Waals surface area contributed by atoms with Crippen molar-refractivity contribution in [3.05, 3.63) is 29.8 Å². The predicted molar refractivity (Wildman–Crippen MR) is 93.1 cm³/mol. The molecular weight excluding hydrogens is 302 g/mol. The molecule has 0 spiro atoms. The zero-order valence-electron chi connectivity index (χ0n) is 14.3. The molecule has 1 unspecified atom stereocenters. The number of amides is 1. The lowest BCUT2D eigenvalue weighted by molar-refractivity contribution is -0.132. The van der Waals surface area contributed by atoms with E-state index in [-0.39, 0.29) is 12.3 Å². The van der Waals surface area contributed by atoms with Crippen LogP contribution in [0.1, 0.15) is 56.4 Å². The molecule has 1 saturated heterocycles. The molecule has 3 rings (SSSR count). The molecular formula is C20H27NO3. The smallest absolute Gasteiger partial charge is 0.229 e. The number of rotatable bonds is 6. The normalized spacial score (nSPS) is 21.7. The largest absolute Gasteiger partial charge is 0.493 e. The van der Waals surface area contributed by atoms with Crippen LogP contribution in [0.15, 0.2) is 24.3 Å². The van der Waals surface area contributed by atoms with Gasteiger partial charge in [0, 0.05) is 19.0 Å². The third-order valence-electron chi connectivity index (χ3n) is 5.34. The average Bonchev–Trinajstić information content (AvgIpc) is 3.10.